The van der Waals surface area contributed by atoms with Gasteiger partial charge in [0.2, 0.25) is 0 Å². The van der Waals surface area contributed by atoms with Crippen molar-refractivity contribution >= 4 is 0 Å². The number of nitrogens with one attached hydrogen (secondary N) is 1. The lowest BCUT2D eigenvalue weighted by molar-refractivity contribution is 0.0655. The number of aromatic nitrogens is 1. The normalized spacial score (nSPS) is 19.4. The summed E-state index contributed by atoms with van der Waals surface area (Å²) in [6.07, 6.45) is 2.79. The molecular formula is C19H24N2O. The molecule has 2 heterocycles. The Morgan fingerprint density at radius 2 is 2.00 bits per heavy atom. The van der Waals surface area contributed by atoms with Gasteiger partial charge in [0.15, 0.2) is 0 Å². The Hall–Kier alpha value is -1.87. The number of ether oxygens (including phenoxy) is 1. The van der Waals surface area contributed by atoms with E-state index in [0.717, 1.165) is 24.4 Å². The molecule has 3 nitrogen and oxygen atoms in total. The summed E-state index contributed by atoms with van der Waals surface area (Å²) in [6.45, 7) is 9.37. The Balaban J connectivity index is 1.86. The molecule has 0 fully saturated rings. The van der Waals surface area contributed by atoms with E-state index in [1.165, 1.54) is 16.7 Å². The van der Waals surface area contributed by atoms with Crippen molar-refractivity contribution < 1.29 is 4.74 Å². The maximum atomic E-state index is 6.18. The first-order valence-corrected chi connectivity index (χ1v) is 7.88. The molecule has 1 unspecified atom stereocenters. The average Bonchev–Trinajstić information content (AvgIpc) is 2.47. The second kappa shape index (κ2) is 5.73. The lowest BCUT2D eigenvalue weighted by atomic mass is 9.88. The topological polar surface area (TPSA) is 34.2 Å². The van der Waals surface area contributed by atoms with Crippen LogP contribution in [-0.2, 0) is 6.54 Å². The number of hydrogen-bond donors (Lipinski definition) is 1. The van der Waals surface area contributed by atoms with Crippen LogP contribution in [0.15, 0.2) is 36.5 Å². The van der Waals surface area contributed by atoms with Gasteiger partial charge >= 0.3 is 0 Å². The van der Waals surface area contributed by atoms with Gasteiger partial charge in [0, 0.05) is 30.8 Å². The summed E-state index contributed by atoms with van der Waals surface area (Å²) in [5.74, 6) is 1.01. The quantitative estimate of drug-likeness (QED) is 0.926. The summed E-state index contributed by atoms with van der Waals surface area (Å²) >= 11 is 0. The van der Waals surface area contributed by atoms with Gasteiger partial charge in [-0.25, -0.2) is 0 Å². The van der Waals surface area contributed by atoms with Gasteiger partial charge in [-0.2, -0.15) is 0 Å². The molecule has 0 aliphatic carbocycles. The first-order valence-electron chi connectivity index (χ1n) is 7.88. The van der Waals surface area contributed by atoms with Crippen molar-refractivity contribution in [2.24, 2.45) is 0 Å². The van der Waals surface area contributed by atoms with E-state index in [-0.39, 0.29) is 5.60 Å². The molecule has 0 bridgehead atoms. The largest absolute Gasteiger partial charge is 0.487 e. The highest BCUT2D eigenvalue weighted by Gasteiger charge is 2.33. The van der Waals surface area contributed by atoms with E-state index in [0.29, 0.717) is 6.04 Å². The predicted octanol–water partition coefficient (Wildman–Crippen LogP) is 4.09. The molecule has 3 heteroatoms. The van der Waals surface area contributed by atoms with Crippen LogP contribution in [0.5, 0.6) is 5.75 Å². The Kier molecular flexibility index (Phi) is 3.92. The van der Waals surface area contributed by atoms with Crippen LogP contribution in [0.4, 0.5) is 0 Å². The highest BCUT2D eigenvalue weighted by molar-refractivity contribution is 5.45. The number of pyridine rings is 1. The van der Waals surface area contributed by atoms with Gasteiger partial charge in [-0.15, -0.1) is 0 Å². The van der Waals surface area contributed by atoms with E-state index in [4.69, 9.17) is 4.74 Å². The third-order valence-electron chi connectivity index (χ3n) is 4.34. The van der Waals surface area contributed by atoms with E-state index in [1.54, 1.807) is 0 Å². The molecule has 1 N–H and O–H groups in total. The van der Waals surface area contributed by atoms with Gasteiger partial charge in [-0.1, -0.05) is 12.1 Å². The Morgan fingerprint density at radius 3 is 2.73 bits per heavy atom. The van der Waals surface area contributed by atoms with E-state index in [2.05, 4.69) is 56.2 Å². The first-order chi connectivity index (χ1) is 10.4. The molecule has 0 spiro atoms. The summed E-state index contributed by atoms with van der Waals surface area (Å²) < 4.78 is 6.18. The number of aryl methyl sites for hydroxylation is 2. The lowest BCUT2D eigenvalue weighted by Crippen LogP contribution is -2.39. The third kappa shape index (κ3) is 3.14. The van der Waals surface area contributed by atoms with E-state index < -0.39 is 0 Å². The Morgan fingerprint density at radius 1 is 1.23 bits per heavy atom. The van der Waals surface area contributed by atoms with Crippen molar-refractivity contribution in [3.63, 3.8) is 0 Å². The Labute approximate surface area is 132 Å². The lowest BCUT2D eigenvalue weighted by Gasteiger charge is -2.38. The fourth-order valence-electron chi connectivity index (χ4n) is 3.03. The van der Waals surface area contributed by atoms with Crippen LogP contribution in [0.25, 0.3) is 0 Å². The summed E-state index contributed by atoms with van der Waals surface area (Å²) in [5.41, 5.74) is 4.76. The van der Waals surface area contributed by atoms with Crippen LogP contribution in [0.3, 0.4) is 0 Å². The molecule has 1 atom stereocenters. The van der Waals surface area contributed by atoms with Gasteiger partial charge in [0.25, 0.3) is 0 Å². The number of nitrogens with zero attached hydrogens (tertiary/aromatic N) is 1. The van der Waals surface area contributed by atoms with Crippen LogP contribution >= 0.6 is 0 Å². The maximum Gasteiger partial charge on any atom is 0.125 e. The minimum atomic E-state index is -0.156. The second-order valence-electron chi connectivity index (χ2n) is 6.79. The molecule has 0 radical (unpaired) electrons. The molecule has 0 saturated carbocycles. The average molecular weight is 296 g/mol. The monoisotopic (exact) mass is 296 g/mol. The zero-order valence-corrected chi connectivity index (χ0v) is 13.8. The summed E-state index contributed by atoms with van der Waals surface area (Å²) in [5, 5.41) is 3.65. The van der Waals surface area contributed by atoms with Crippen molar-refractivity contribution in [2.75, 3.05) is 0 Å². The fourth-order valence-corrected chi connectivity index (χ4v) is 3.03. The fraction of sp³-hybridized carbons (Fsp3) is 0.421. The minimum absolute atomic E-state index is 0.156. The van der Waals surface area contributed by atoms with Gasteiger partial charge in [0.05, 0.1) is 5.69 Å². The predicted molar refractivity (Wildman–Crippen MR) is 89.1 cm³/mol. The number of fused-ring (bicyclic) bond motifs is 1. The molecule has 1 aromatic heterocycles. The maximum absolute atomic E-state index is 6.18. The van der Waals surface area contributed by atoms with Crippen molar-refractivity contribution in [3.8, 4) is 5.75 Å². The highest BCUT2D eigenvalue weighted by atomic mass is 16.5. The summed E-state index contributed by atoms with van der Waals surface area (Å²) in [4.78, 5) is 4.39. The van der Waals surface area contributed by atoms with Gasteiger partial charge in [0.1, 0.15) is 11.4 Å². The molecule has 3 rings (SSSR count). The molecule has 1 aliphatic rings. The molecule has 22 heavy (non-hydrogen) atoms. The number of rotatable bonds is 3. The standard InChI is InChI=1S/C19H24N2O/c1-13-9-16-17(21-12-15-7-5-6-8-20-15)11-19(3,4)22-18(16)10-14(13)2/h5-10,17,21H,11-12H2,1-4H3. The van der Waals surface area contributed by atoms with Crippen LogP contribution in [0.1, 0.15) is 48.7 Å². The van der Waals surface area contributed by atoms with Crippen LogP contribution in [-0.4, -0.2) is 10.6 Å². The van der Waals surface area contributed by atoms with Gasteiger partial charge in [-0.3, -0.25) is 4.98 Å². The second-order valence-corrected chi connectivity index (χ2v) is 6.79. The van der Waals surface area contributed by atoms with Crippen LogP contribution in [0, 0.1) is 13.8 Å². The molecule has 116 valence electrons. The van der Waals surface area contributed by atoms with Crippen molar-refractivity contribution in [3.05, 3.63) is 58.9 Å². The van der Waals surface area contributed by atoms with Gasteiger partial charge in [-0.05, 0) is 57.0 Å². The van der Waals surface area contributed by atoms with Gasteiger partial charge < -0.3 is 10.1 Å². The van der Waals surface area contributed by atoms with Crippen molar-refractivity contribution in [1.82, 2.24) is 10.3 Å². The minimum Gasteiger partial charge on any atom is -0.487 e. The summed E-state index contributed by atoms with van der Waals surface area (Å²) in [6, 6.07) is 10.7. The third-order valence-corrected chi connectivity index (χ3v) is 4.34. The molecule has 2 aromatic rings. The number of benzene rings is 1. The van der Waals surface area contributed by atoms with E-state index in [9.17, 15) is 0 Å². The smallest absolute Gasteiger partial charge is 0.125 e. The number of hydrogen-bond acceptors (Lipinski definition) is 3. The molecule has 0 saturated heterocycles. The molecular weight excluding hydrogens is 272 g/mol. The Bertz CT molecular complexity index is 665. The van der Waals surface area contributed by atoms with E-state index >= 15 is 0 Å². The SMILES string of the molecule is Cc1cc2c(cc1C)C(NCc1ccccn1)CC(C)(C)O2. The molecule has 1 aliphatic heterocycles. The van der Waals surface area contributed by atoms with Crippen molar-refractivity contribution in [1.29, 1.82) is 0 Å². The summed E-state index contributed by atoms with van der Waals surface area (Å²) in [7, 11) is 0. The molecule has 0 amide bonds. The van der Waals surface area contributed by atoms with Crippen molar-refractivity contribution in [2.45, 2.75) is 52.3 Å². The zero-order chi connectivity index (χ0) is 15.7. The van der Waals surface area contributed by atoms with Crippen LogP contribution < -0.4 is 10.1 Å². The zero-order valence-electron chi connectivity index (χ0n) is 13.8. The van der Waals surface area contributed by atoms with E-state index in [1.807, 2.05) is 18.3 Å². The highest BCUT2D eigenvalue weighted by Crippen LogP contribution is 2.40. The molecule has 1 aromatic carbocycles. The first kappa shape index (κ1) is 15.0. The van der Waals surface area contributed by atoms with Crippen LogP contribution in [0.2, 0.25) is 0 Å².